The van der Waals surface area contributed by atoms with Gasteiger partial charge in [0.2, 0.25) is 0 Å². The lowest BCUT2D eigenvalue weighted by Gasteiger charge is -2.09. The number of aromatic nitrogens is 5. The molecule has 0 aliphatic rings. The number of fused-ring (bicyclic) bond motifs is 1. The van der Waals surface area contributed by atoms with E-state index in [1.807, 2.05) is 18.2 Å². The molecule has 4 aromatic rings. The third kappa shape index (κ3) is 2.47. The predicted molar refractivity (Wildman–Crippen MR) is 85.6 cm³/mol. The van der Waals surface area contributed by atoms with Crippen molar-refractivity contribution in [1.29, 1.82) is 0 Å². The summed E-state index contributed by atoms with van der Waals surface area (Å²) in [6, 6.07) is 10.4. The molecular weight excluding hydrogens is 317 g/mol. The van der Waals surface area contributed by atoms with Crippen LogP contribution in [0, 0.1) is 5.82 Å². The van der Waals surface area contributed by atoms with Gasteiger partial charge in [-0.25, -0.2) is 9.37 Å². The average Bonchev–Trinajstić information content (AvgIpc) is 3.19. The minimum atomic E-state index is -0.346. The molecule has 4 rings (SSSR count). The highest BCUT2D eigenvalue weighted by molar-refractivity contribution is 6.31. The van der Waals surface area contributed by atoms with E-state index in [0.717, 1.165) is 16.6 Å². The van der Waals surface area contributed by atoms with Gasteiger partial charge >= 0.3 is 0 Å². The summed E-state index contributed by atoms with van der Waals surface area (Å²) in [5.41, 5.74) is 3.06. The molecule has 0 unspecified atom stereocenters. The van der Waals surface area contributed by atoms with Gasteiger partial charge in [-0.05, 0) is 30.3 Å². The minimum absolute atomic E-state index is 0.259. The molecule has 23 heavy (non-hydrogen) atoms. The fraction of sp³-hybridized carbons (Fsp3) is 0.0625. The third-order valence-electron chi connectivity index (χ3n) is 3.68. The molecule has 2 aromatic carbocycles. The molecule has 5 nitrogen and oxygen atoms in total. The van der Waals surface area contributed by atoms with E-state index < -0.39 is 0 Å². The van der Waals surface area contributed by atoms with Crippen LogP contribution in [0.1, 0.15) is 5.56 Å². The van der Waals surface area contributed by atoms with Gasteiger partial charge in [0.15, 0.2) is 5.82 Å². The van der Waals surface area contributed by atoms with E-state index in [1.54, 1.807) is 29.4 Å². The molecule has 0 radical (unpaired) electrons. The van der Waals surface area contributed by atoms with Crippen molar-refractivity contribution < 1.29 is 4.39 Å². The average molecular weight is 328 g/mol. The molecule has 2 aromatic heterocycles. The van der Waals surface area contributed by atoms with Gasteiger partial charge in [-0.2, -0.15) is 0 Å². The summed E-state index contributed by atoms with van der Waals surface area (Å²) >= 11 is 6.10. The van der Waals surface area contributed by atoms with Crippen LogP contribution in [0.2, 0.25) is 5.02 Å². The molecule has 114 valence electrons. The Morgan fingerprint density at radius 1 is 1.22 bits per heavy atom. The zero-order valence-corrected chi connectivity index (χ0v) is 12.6. The largest absolute Gasteiger partial charge is 0.345 e. The Kier molecular flexibility index (Phi) is 3.31. The molecule has 0 saturated heterocycles. The molecular formula is C16H11ClFN5. The van der Waals surface area contributed by atoms with E-state index in [0.29, 0.717) is 16.4 Å². The van der Waals surface area contributed by atoms with Crippen molar-refractivity contribution in [2.45, 2.75) is 6.54 Å². The van der Waals surface area contributed by atoms with Crippen molar-refractivity contribution in [2.75, 3.05) is 0 Å². The summed E-state index contributed by atoms with van der Waals surface area (Å²) < 4.78 is 15.8. The number of rotatable bonds is 3. The van der Waals surface area contributed by atoms with Crippen LogP contribution in [-0.2, 0) is 6.54 Å². The van der Waals surface area contributed by atoms with Crippen LogP contribution in [0.25, 0.3) is 22.4 Å². The number of hydrogen-bond acceptors (Lipinski definition) is 3. The molecule has 7 heteroatoms. The molecule has 1 N–H and O–H groups in total. The summed E-state index contributed by atoms with van der Waals surface area (Å²) in [7, 11) is 0. The fourth-order valence-corrected chi connectivity index (χ4v) is 2.75. The van der Waals surface area contributed by atoms with Crippen LogP contribution in [0.5, 0.6) is 0 Å². The highest BCUT2D eigenvalue weighted by atomic mass is 35.5. The first kappa shape index (κ1) is 13.9. The number of hydrogen-bond donors (Lipinski definition) is 1. The first-order valence-electron chi connectivity index (χ1n) is 6.96. The van der Waals surface area contributed by atoms with E-state index in [4.69, 9.17) is 11.6 Å². The van der Waals surface area contributed by atoms with Gasteiger partial charge in [0.25, 0.3) is 0 Å². The molecule has 0 spiro atoms. The quantitative estimate of drug-likeness (QED) is 0.624. The Morgan fingerprint density at radius 2 is 2.13 bits per heavy atom. The first-order valence-corrected chi connectivity index (χ1v) is 7.34. The van der Waals surface area contributed by atoms with E-state index in [2.05, 4.69) is 20.2 Å². The molecule has 0 saturated carbocycles. The lowest BCUT2D eigenvalue weighted by Crippen LogP contribution is -2.04. The second kappa shape index (κ2) is 5.48. The summed E-state index contributed by atoms with van der Waals surface area (Å²) in [4.78, 5) is 7.25. The van der Waals surface area contributed by atoms with Crippen molar-refractivity contribution in [3.8, 4) is 11.4 Å². The Balaban J connectivity index is 1.76. The van der Waals surface area contributed by atoms with Crippen LogP contribution >= 0.6 is 11.6 Å². The Morgan fingerprint density at radius 3 is 3.00 bits per heavy atom. The molecule has 0 aliphatic carbocycles. The normalized spacial score (nSPS) is 11.2. The molecule has 0 aliphatic heterocycles. The van der Waals surface area contributed by atoms with Crippen molar-refractivity contribution in [1.82, 2.24) is 24.7 Å². The number of imidazole rings is 1. The SMILES string of the molecule is Fc1cccc(Cl)c1Cn1cnnc1-c1ccc2nc[nH]c2c1. The van der Waals surface area contributed by atoms with Gasteiger partial charge in [0.05, 0.1) is 23.9 Å². The molecule has 0 atom stereocenters. The Hall–Kier alpha value is -2.73. The summed E-state index contributed by atoms with van der Waals surface area (Å²) in [5.74, 6) is 0.294. The lowest BCUT2D eigenvalue weighted by atomic mass is 10.1. The number of nitrogens with one attached hydrogen (secondary N) is 1. The number of benzene rings is 2. The maximum Gasteiger partial charge on any atom is 0.164 e. The second-order valence-corrected chi connectivity index (χ2v) is 5.52. The van der Waals surface area contributed by atoms with Gasteiger partial charge in [0.1, 0.15) is 12.1 Å². The van der Waals surface area contributed by atoms with Gasteiger partial charge in [-0.3, -0.25) is 0 Å². The minimum Gasteiger partial charge on any atom is -0.345 e. The highest BCUT2D eigenvalue weighted by Gasteiger charge is 2.13. The van der Waals surface area contributed by atoms with E-state index in [1.165, 1.54) is 6.07 Å². The standard InChI is InChI=1S/C16H11ClFN5/c17-12-2-1-3-13(18)11(12)7-23-9-21-22-16(23)10-4-5-14-15(6-10)20-8-19-14/h1-6,8-9H,7H2,(H,19,20). The van der Waals surface area contributed by atoms with Crippen molar-refractivity contribution in [2.24, 2.45) is 0 Å². The number of nitrogens with zero attached hydrogens (tertiary/aromatic N) is 4. The predicted octanol–water partition coefficient (Wildman–Crippen LogP) is 3.66. The monoisotopic (exact) mass is 327 g/mol. The topological polar surface area (TPSA) is 59.4 Å². The molecule has 0 bridgehead atoms. The zero-order valence-electron chi connectivity index (χ0n) is 11.9. The van der Waals surface area contributed by atoms with E-state index >= 15 is 0 Å². The van der Waals surface area contributed by atoms with Gasteiger partial charge in [0, 0.05) is 16.1 Å². The smallest absolute Gasteiger partial charge is 0.164 e. The van der Waals surface area contributed by atoms with Gasteiger partial charge in [-0.1, -0.05) is 17.7 Å². The van der Waals surface area contributed by atoms with Crippen molar-refractivity contribution >= 4 is 22.6 Å². The van der Waals surface area contributed by atoms with Crippen LogP contribution < -0.4 is 0 Å². The lowest BCUT2D eigenvalue weighted by molar-refractivity contribution is 0.600. The number of aromatic amines is 1. The summed E-state index contributed by atoms with van der Waals surface area (Å²) in [5, 5.41) is 8.47. The van der Waals surface area contributed by atoms with E-state index in [-0.39, 0.29) is 12.4 Å². The second-order valence-electron chi connectivity index (χ2n) is 5.12. The summed E-state index contributed by atoms with van der Waals surface area (Å²) in [6.45, 7) is 0.259. The van der Waals surface area contributed by atoms with Crippen molar-refractivity contribution in [3.63, 3.8) is 0 Å². The Bertz CT molecular complexity index is 971. The van der Waals surface area contributed by atoms with Gasteiger partial charge in [-0.15, -0.1) is 10.2 Å². The van der Waals surface area contributed by atoms with Crippen molar-refractivity contribution in [3.05, 3.63) is 65.5 Å². The molecule has 0 fully saturated rings. The fourth-order valence-electron chi connectivity index (χ4n) is 2.52. The number of halogens is 2. The third-order valence-corrected chi connectivity index (χ3v) is 4.04. The van der Waals surface area contributed by atoms with Crippen LogP contribution in [0.4, 0.5) is 4.39 Å². The molecule has 2 heterocycles. The molecule has 0 amide bonds. The maximum atomic E-state index is 14.0. The van der Waals surface area contributed by atoms with Gasteiger partial charge < -0.3 is 9.55 Å². The highest BCUT2D eigenvalue weighted by Crippen LogP contribution is 2.24. The van der Waals surface area contributed by atoms with E-state index in [9.17, 15) is 4.39 Å². The van der Waals surface area contributed by atoms with Crippen LogP contribution in [0.15, 0.2) is 49.1 Å². The maximum absolute atomic E-state index is 14.0. The zero-order chi connectivity index (χ0) is 15.8. The van der Waals surface area contributed by atoms with Crippen LogP contribution in [0.3, 0.4) is 0 Å². The first-order chi connectivity index (χ1) is 11.2. The Labute approximate surface area is 135 Å². The van der Waals surface area contributed by atoms with Crippen LogP contribution in [-0.4, -0.2) is 24.7 Å². The number of H-pyrrole nitrogens is 1. The summed E-state index contributed by atoms with van der Waals surface area (Å²) in [6.07, 6.45) is 3.20.